The lowest BCUT2D eigenvalue weighted by molar-refractivity contribution is -0.137. The molecule has 0 unspecified atom stereocenters. The van der Waals surface area contributed by atoms with E-state index in [9.17, 15) is 19.5 Å². The first-order chi connectivity index (χ1) is 11.3. The molecule has 0 aliphatic heterocycles. The van der Waals surface area contributed by atoms with E-state index in [1.165, 1.54) is 18.2 Å². The largest absolute Gasteiger partial charge is 0.507 e. The number of carboxylic acid groups (broad SMARTS) is 1. The number of nitrogens with zero attached hydrogens (tertiary/aromatic N) is 1. The van der Waals surface area contributed by atoms with Gasteiger partial charge in [-0.15, -0.1) is 0 Å². The number of carbonyl (C=O) groups is 3. The fourth-order valence-electron chi connectivity index (χ4n) is 1.77. The number of carboxylic acids is 1. The number of hydrogen-bond acceptors (Lipinski definition) is 7. The zero-order valence-corrected chi connectivity index (χ0v) is 12.7. The Kier molecular flexibility index (Phi) is 7.19. The lowest BCUT2D eigenvalue weighted by Gasteiger charge is -2.12. The number of nitriles is 1. The highest BCUT2D eigenvalue weighted by Gasteiger charge is 2.16. The van der Waals surface area contributed by atoms with Gasteiger partial charge >= 0.3 is 11.9 Å². The van der Waals surface area contributed by atoms with Crippen molar-refractivity contribution in [2.24, 2.45) is 5.73 Å². The number of hydrogen-bond donors (Lipinski definition) is 4. The molecule has 0 aliphatic carbocycles. The summed E-state index contributed by atoms with van der Waals surface area (Å²) in [6.07, 6.45) is -0.203. The van der Waals surface area contributed by atoms with Crippen LogP contribution in [0.15, 0.2) is 18.2 Å². The number of amides is 1. The zero-order valence-electron chi connectivity index (χ0n) is 12.7. The topological polar surface area (TPSA) is 163 Å². The number of aromatic hydroxyl groups is 1. The average molecular weight is 335 g/mol. The Balaban J connectivity index is 2.59. The van der Waals surface area contributed by atoms with Crippen LogP contribution in [-0.4, -0.2) is 40.7 Å². The quantitative estimate of drug-likeness (QED) is 0.478. The Hall–Kier alpha value is -3.12. The molecule has 0 aromatic heterocycles. The number of phenolic OH excluding ortho intramolecular Hbond substituents is 1. The highest BCUT2D eigenvalue weighted by atomic mass is 16.5. The number of rotatable bonds is 8. The SMILES string of the molecule is N#CCOC(=O)c1ccc(CNC(=O)[C@@H](N)CCC(=O)O)cc1O. The summed E-state index contributed by atoms with van der Waals surface area (Å²) in [5.41, 5.74) is 5.96. The second-order valence-electron chi connectivity index (χ2n) is 4.84. The van der Waals surface area contributed by atoms with Gasteiger partial charge in [0.15, 0.2) is 6.61 Å². The minimum Gasteiger partial charge on any atom is -0.507 e. The molecule has 5 N–H and O–H groups in total. The summed E-state index contributed by atoms with van der Waals surface area (Å²) in [4.78, 5) is 33.7. The van der Waals surface area contributed by atoms with Crippen molar-refractivity contribution in [3.8, 4) is 11.8 Å². The third-order valence-electron chi connectivity index (χ3n) is 3.02. The van der Waals surface area contributed by atoms with Crippen molar-refractivity contribution in [3.05, 3.63) is 29.3 Å². The summed E-state index contributed by atoms with van der Waals surface area (Å²) < 4.78 is 4.58. The van der Waals surface area contributed by atoms with Crippen LogP contribution in [0.5, 0.6) is 5.75 Å². The molecule has 9 heteroatoms. The Morgan fingerprint density at radius 2 is 2.08 bits per heavy atom. The van der Waals surface area contributed by atoms with Crippen molar-refractivity contribution in [2.45, 2.75) is 25.4 Å². The van der Waals surface area contributed by atoms with Crippen molar-refractivity contribution in [1.29, 1.82) is 5.26 Å². The molecular formula is C15H17N3O6. The van der Waals surface area contributed by atoms with Gasteiger partial charge < -0.3 is 26.0 Å². The smallest absolute Gasteiger partial charge is 0.342 e. The summed E-state index contributed by atoms with van der Waals surface area (Å²) in [7, 11) is 0. The molecule has 9 nitrogen and oxygen atoms in total. The van der Waals surface area contributed by atoms with Crippen molar-refractivity contribution in [2.75, 3.05) is 6.61 Å². The van der Waals surface area contributed by atoms with Gasteiger partial charge in [-0.3, -0.25) is 9.59 Å². The van der Waals surface area contributed by atoms with E-state index in [2.05, 4.69) is 10.1 Å². The van der Waals surface area contributed by atoms with Crippen molar-refractivity contribution in [3.63, 3.8) is 0 Å². The Labute approximate surface area is 137 Å². The van der Waals surface area contributed by atoms with Gasteiger partial charge in [0, 0.05) is 13.0 Å². The molecule has 1 aromatic rings. The minimum atomic E-state index is -1.04. The molecular weight excluding hydrogens is 318 g/mol. The van der Waals surface area contributed by atoms with Gasteiger partial charge in [0.1, 0.15) is 17.4 Å². The monoisotopic (exact) mass is 335 g/mol. The van der Waals surface area contributed by atoms with Gasteiger partial charge in [-0.1, -0.05) is 6.07 Å². The molecule has 0 saturated heterocycles. The normalized spacial score (nSPS) is 11.2. The fourth-order valence-corrected chi connectivity index (χ4v) is 1.77. The summed E-state index contributed by atoms with van der Waals surface area (Å²) in [5.74, 6) is -2.74. The van der Waals surface area contributed by atoms with Crippen molar-refractivity contribution >= 4 is 17.8 Å². The maximum Gasteiger partial charge on any atom is 0.342 e. The fraction of sp³-hybridized carbons (Fsp3) is 0.333. The standard InChI is InChI=1S/C15H17N3O6/c16-5-6-24-15(23)10-2-1-9(7-12(10)19)8-18-14(22)11(17)3-4-13(20)21/h1-2,7,11,19H,3-4,6,8,17H2,(H,18,22)(H,20,21)/t11-/m0/s1. The van der Waals surface area contributed by atoms with Crippen molar-refractivity contribution in [1.82, 2.24) is 5.32 Å². The van der Waals surface area contributed by atoms with Gasteiger partial charge in [0.2, 0.25) is 5.91 Å². The van der Waals surface area contributed by atoms with Crippen LogP contribution in [-0.2, 0) is 20.9 Å². The predicted octanol–water partition coefficient (Wildman–Crippen LogP) is -0.119. The second-order valence-corrected chi connectivity index (χ2v) is 4.84. The Bertz CT molecular complexity index is 668. The van der Waals surface area contributed by atoms with E-state index in [0.29, 0.717) is 5.56 Å². The summed E-state index contributed by atoms with van der Waals surface area (Å²) in [5, 5.41) is 29.2. The third kappa shape index (κ3) is 5.94. The maximum atomic E-state index is 11.7. The van der Waals surface area contributed by atoms with E-state index in [0.717, 1.165) is 0 Å². The van der Waals surface area contributed by atoms with Gasteiger partial charge in [0.25, 0.3) is 0 Å². The molecule has 1 amide bonds. The molecule has 0 spiro atoms. The first-order valence-corrected chi connectivity index (χ1v) is 6.96. The van der Waals surface area contributed by atoms with E-state index in [-0.39, 0.29) is 30.7 Å². The van der Waals surface area contributed by atoms with Crippen molar-refractivity contribution < 1.29 is 29.3 Å². The van der Waals surface area contributed by atoms with Gasteiger partial charge in [-0.05, 0) is 24.1 Å². The Morgan fingerprint density at radius 3 is 2.67 bits per heavy atom. The van der Waals surface area contributed by atoms with Gasteiger partial charge in [0.05, 0.1) is 6.04 Å². The van der Waals surface area contributed by atoms with Gasteiger partial charge in [-0.2, -0.15) is 5.26 Å². The summed E-state index contributed by atoms with van der Waals surface area (Å²) >= 11 is 0. The minimum absolute atomic E-state index is 0.0100. The average Bonchev–Trinajstić information content (AvgIpc) is 2.55. The highest BCUT2D eigenvalue weighted by molar-refractivity contribution is 5.92. The lowest BCUT2D eigenvalue weighted by atomic mass is 10.1. The lowest BCUT2D eigenvalue weighted by Crippen LogP contribution is -2.40. The molecule has 128 valence electrons. The van der Waals surface area contributed by atoms with E-state index < -0.39 is 30.5 Å². The first kappa shape index (κ1) is 18.9. The highest BCUT2D eigenvalue weighted by Crippen LogP contribution is 2.19. The summed E-state index contributed by atoms with van der Waals surface area (Å²) in [6.45, 7) is -0.384. The van der Waals surface area contributed by atoms with Crippen LogP contribution in [0.2, 0.25) is 0 Å². The van der Waals surface area contributed by atoms with E-state index in [1.807, 2.05) is 0 Å². The number of aliphatic carboxylic acids is 1. The van der Waals surface area contributed by atoms with Crippen LogP contribution in [0, 0.1) is 11.3 Å². The Morgan fingerprint density at radius 1 is 1.38 bits per heavy atom. The number of nitrogens with two attached hydrogens (primary N) is 1. The van der Waals surface area contributed by atoms with E-state index >= 15 is 0 Å². The van der Waals surface area contributed by atoms with Crippen LogP contribution in [0.3, 0.4) is 0 Å². The van der Waals surface area contributed by atoms with E-state index in [1.54, 1.807) is 6.07 Å². The molecule has 1 atom stereocenters. The van der Waals surface area contributed by atoms with E-state index in [4.69, 9.17) is 16.1 Å². The molecule has 1 aromatic carbocycles. The number of carbonyl (C=O) groups excluding carboxylic acids is 2. The van der Waals surface area contributed by atoms with Crippen LogP contribution in [0.1, 0.15) is 28.8 Å². The van der Waals surface area contributed by atoms with Crippen LogP contribution in [0.25, 0.3) is 0 Å². The molecule has 1 rings (SSSR count). The second kappa shape index (κ2) is 9.12. The number of ether oxygens (including phenoxy) is 1. The molecule has 0 aliphatic rings. The van der Waals surface area contributed by atoms with Crippen LogP contribution in [0.4, 0.5) is 0 Å². The number of nitrogens with one attached hydrogen (secondary N) is 1. The third-order valence-corrected chi connectivity index (χ3v) is 3.02. The number of phenols is 1. The number of benzene rings is 1. The number of esters is 1. The maximum absolute atomic E-state index is 11.7. The predicted molar refractivity (Wildman–Crippen MR) is 80.7 cm³/mol. The zero-order chi connectivity index (χ0) is 18.1. The molecule has 24 heavy (non-hydrogen) atoms. The molecule has 0 bridgehead atoms. The molecule has 0 radical (unpaired) electrons. The molecule has 0 saturated carbocycles. The summed E-state index contributed by atoms with van der Waals surface area (Å²) in [6, 6.07) is 4.76. The van der Waals surface area contributed by atoms with Gasteiger partial charge in [-0.25, -0.2) is 4.79 Å². The van der Waals surface area contributed by atoms with Crippen LogP contribution < -0.4 is 11.1 Å². The van der Waals surface area contributed by atoms with Crippen LogP contribution >= 0.6 is 0 Å². The molecule has 0 fully saturated rings. The first-order valence-electron chi connectivity index (χ1n) is 6.96. The molecule has 0 heterocycles.